The molecule has 20 heavy (non-hydrogen) atoms. The van der Waals surface area contributed by atoms with Gasteiger partial charge in [0.1, 0.15) is 5.82 Å². The lowest BCUT2D eigenvalue weighted by Gasteiger charge is -2.21. The fraction of sp³-hybridized carbons (Fsp3) is 0.471. The summed E-state index contributed by atoms with van der Waals surface area (Å²) in [6.07, 6.45) is 6.16. The van der Waals surface area contributed by atoms with E-state index in [1.807, 2.05) is 13.1 Å². The van der Waals surface area contributed by atoms with Gasteiger partial charge in [0, 0.05) is 0 Å². The third-order valence-corrected chi connectivity index (χ3v) is 3.69. The lowest BCUT2D eigenvalue weighted by Crippen LogP contribution is -2.34. The first-order valence-corrected chi connectivity index (χ1v) is 7.50. The van der Waals surface area contributed by atoms with Crippen LogP contribution in [0.5, 0.6) is 0 Å². The number of aromatic nitrogens is 2. The number of nitrogens with zero attached hydrogens (tertiary/aromatic N) is 1. The van der Waals surface area contributed by atoms with Crippen molar-refractivity contribution in [1.29, 1.82) is 0 Å². The minimum atomic E-state index is -0.380. The summed E-state index contributed by atoms with van der Waals surface area (Å²) in [4.78, 5) is 7.83. The van der Waals surface area contributed by atoms with Crippen molar-refractivity contribution in [2.45, 2.75) is 52.0 Å². The number of aromatic amines is 1. The molecule has 0 bridgehead atoms. The summed E-state index contributed by atoms with van der Waals surface area (Å²) in [5.74, 6) is 0.868. The van der Waals surface area contributed by atoms with E-state index in [1.54, 1.807) is 0 Å². The minimum Gasteiger partial charge on any atom is -0.340 e. The zero-order valence-corrected chi connectivity index (χ0v) is 12.7. The number of hydrogen-bond acceptors (Lipinski definition) is 2. The van der Waals surface area contributed by atoms with Crippen molar-refractivity contribution in [3.63, 3.8) is 0 Å². The summed E-state index contributed by atoms with van der Waals surface area (Å²) in [6, 6.07) is 8.67. The number of nitrogens with one attached hydrogen (secondary N) is 1. The van der Waals surface area contributed by atoms with Crippen molar-refractivity contribution in [3.8, 4) is 11.3 Å². The fourth-order valence-electron chi connectivity index (χ4n) is 2.54. The van der Waals surface area contributed by atoms with Crippen LogP contribution in [0.4, 0.5) is 0 Å². The number of imidazole rings is 1. The molecule has 0 fully saturated rings. The van der Waals surface area contributed by atoms with Crippen LogP contribution >= 0.6 is 0 Å². The molecule has 1 aromatic heterocycles. The van der Waals surface area contributed by atoms with E-state index in [9.17, 15) is 0 Å². The maximum atomic E-state index is 6.31. The Morgan fingerprint density at radius 3 is 2.45 bits per heavy atom. The highest BCUT2D eigenvalue weighted by atomic mass is 15.0. The third kappa shape index (κ3) is 3.28. The van der Waals surface area contributed by atoms with Gasteiger partial charge in [-0.25, -0.2) is 4.98 Å². The molecule has 0 aliphatic heterocycles. The molecule has 0 radical (unpaired) electrons. The number of H-pyrrole nitrogens is 1. The molecule has 1 atom stereocenters. The predicted molar refractivity (Wildman–Crippen MR) is 84.5 cm³/mol. The van der Waals surface area contributed by atoms with E-state index < -0.39 is 0 Å². The summed E-state index contributed by atoms with van der Waals surface area (Å²) in [7, 11) is 0. The van der Waals surface area contributed by atoms with Gasteiger partial charge in [-0.2, -0.15) is 0 Å². The smallest absolute Gasteiger partial charge is 0.126 e. The highest BCUT2D eigenvalue weighted by molar-refractivity contribution is 5.59. The summed E-state index contributed by atoms with van der Waals surface area (Å²) in [5, 5.41) is 0. The molecule has 2 aromatic rings. The molecule has 1 unspecified atom stereocenters. The maximum absolute atomic E-state index is 6.31. The quantitative estimate of drug-likeness (QED) is 0.834. The lowest BCUT2D eigenvalue weighted by molar-refractivity contribution is 0.423. The van der Waals surface area contributed by atoms with Crippen molar-refractivity contribution < 1.29 is 0 Å². The van der Waals surface area contributed by atoms with Gasteiger partial charge in [-0.3, -0.25) is 0 Å². The first-order chi connectivity index (χ1) is 9.56. The van der Waals surface area contributed by atoms with Gasteiger partial charge in [0.2, 0.25) is 0 Å². The van der Waals surface area contributed by atoms with Gasteiger partial charge in [-0.15, -0.1) is 0 Å². The van der Waals surface area contributed by atoms with Crippen molar-refractivity contribution in [2.75, 3.05) is 0 Å². The van der Waals surface area contributed by atoms with Crippen LogP contribution in [0, 0.1) is 0 Å². The number of aryl methyl sites for hydroxylation is 1. The zero-order valence-electron chi connectivity index (χ0n) is 12.7. The molecule has 108 valence electrons. The molecular formula is C17H25N3. The molecule has 0 aliphatic carbocycles. The number of hydrogen-bond donors (Lipinski definition) is 2. The molecule has 0 saturated carbocycles. The van der Waals surface area contributed by atoms with Crippen molar-refractivity contribution >= 4 is 0 Å². The number of benzene rings is 1. The van der Waals surface area contributed by atoms with E-state index in [0.717, 1.165) is 36.3 Å². The van der Waals surface area contributed by atoms with Crippen molar-refractivity contribution in [3.05, 3.63) is 41.9 Å². The molecule has 0 amide bonds. The summed E-state index contributed by atoms with van der Waals surface area (Å²) < 4.78 is 0. The van der Waals surface area contributed by atoms with Crippen molar-refractivity contribution in [1.82, 2.24) is 9.97 Å². The van der Waals surface area contributed by atoms with Crippen LogP contribution in [0.25, 0.3) is 11.3 Å². The normalized spacial score (nSPS) is 14.2. The SMILES string of the molecule is CCCc1ccc(-c2cnc(C(C)(N)CCC)[nH]2)cc1. The number of nitrogens with two attached hydrogens (primary N) is 1. The van der Waals surface area contributed by atoms with E-state index in [4.69, 9.17) is 5.73 Å². The van der Waals surface area contributed by atoms with Gasteiger partial charge in [-0.05, 0) is 30.9 Å². The Bertz CT molecular complexity index is 538. The van der Waals surface area contributed by atoms with Crippen LogP contribution in [0.2, 0.25) is 0 Å². The Hall–Kier alpha value is -1.61. The largest absolute Gasteiger partial charge is 0.340 e. The lowest BCUT2D eigenvalue weighted by atomic mass is 9.97. The summed E-state index contributed by atoms with van der Waals surface area (Å²) in [5.41, 5.74) is 9.51. The fourth-order valence-corrected chi connectivity index (χ4v) is 2.54. The summed E-state index contributed by atoms with van der Waals surface area (Å²) >= 11 is 0. The molecule has 0 saturated heterocycles. The molecule has 3 heteroatoms. The standard InChI is InChI=1S/C17H25N3/c1-4-6-13-7-9-14(10-8-13)15-12-19-16(20-15)17(3,18)11-5-2/h7-10,12H,4-6,11,18H2,1-3H3,(H,19,20). The monoisotopic (exact) mass is 271 g/mol. The van der Waals surface area contributed by atoms with Gasteiger partial charge in [0.25, 0.3) is 0 Å². The molecular weight excluding hydrogens is 246 g/mol. The van der Waals surface area contributed by atoms with E-state index in [1.165, 1.54) is 12.0 Å². The second kappa shape index (κ2) is 6.23. The summed E-state index contributed by atoms with van der Waals surface area (Å²) in [6.45, 7) is 6.37. The average molecular weight is 271 g/mol. The molecule has 0 spiro atoms. The van der Waals surface area contributed by atoms with Crippen LogP contribution in [-0.2, 0) is 12.0 Å². The Labute approximate surface area is 121 Å². The number of rotatable bonds is 6. The molecule has 3 nitrogen and oxygen atoms in total. The second-order valence-electron chi connectivity index (χ2n) is 5.76. The first kappa shape index (κ1) is 14.8. The van der Waals surface area contributed by atoms with Gasteiger partial charge in [-0.1, -0.05) is 51.0 Å². The maximum Gasteiger partial charge on any atom is 0.126 e. The Kier molecular flexibility index (Phi) is 4.61. The van der Waals surface area contributed by atoms with E-state index >= 15 is 0 Å². The Morgan fingerprint density at radius 1 is 1.15 bits per heavy atom. The molecule has 0 aliphatic rings. The third-order valence-electron chi connectivity index (χ3n) is 3.69. The second-order valence-corrected chi connectivity index (χ2v) is 5.76. The molecule has 1 aromatic carbocycles. The highest BCUT2D eigenvalue weighted by Crippen LogP contribution is 2.24. The van der Waals surface area contributed by atoms with Crippen LogP contribution in [0.3, 0.4) is 0 Å². The molecule has 2 rings (SSSR count). The van der Waals surface area contributed by atoms with Gasteiger partial charge < -0.3 is 10.7 Å². The molecule has 3 N–H and O–H groups in total. The highest BCUT2D eigenvalue weighted by Gasteiger charge is 2.23. The van der Waals surface area contributed by atoms with Crippen molar-refractivity contribution in [2.24, 2.45) is 5.73 Å². The Balaban J connectivity index is 2.20. The Morgan fingerprint density at radius 2 is 1.85 bits per heavy atom. The van der Waals surface area contributed by atoms with Gasteiger partial charge in [0.05, 0.1) is 17.4 Å². The minimum absolute atomic E-state index is 0.380. The van der Waals surface area contributed by atoms with Gasteiger partial charge >= 0.3 is 0 Å². The predicted octanol–water partition coefficient (Wildman–Crippen LogP) is 4.00. The first-order valence-electron chi connectivity index (χ1n) is 7.50. The zero-order chi connectivity index (χ0) is 14.6. The topological polar surface area (TPSA) is 54.7 Å². The van der Waals surface area contributed by atoms with E-state index in [-0.39, 0.29) is 5.54 Å². The van der Waals surface area contributed by atoms with Crippen LogP contribution in [0.15, 0.2) is 30.5 Å². The van der Waals surface area contributed by atoms with Crippen LogP contribution < -0.4 is 5.73 Å². The molecule has 1 heterocycles. The van der Waals surface area contributed by atoms with Crippen LogP contribution in [-0.4, -0.2) is 9.97 Å². The van der Waals surface area contributed by atoms with Gasteiger partial charge in [0.15, 0.2) is 0 Å². The average Bonchev–Trinajstić information content (AvgIpc) is 2.90. The van der Waals surface area contributed by atoms with E-state index in [2.05, 4.69) is 48.1 Å². The van der Waals surface area contributed by atoms with E-state index in [0.29, 0.717) is 0 Å². The van der Waals surface area contributed by atoms with Crippen LogP contribution in [0.1, 0.15) is 51.4 Å².